The quantitative estimate of drug-likeness (QED) is 0.783. The Bertz CT molecular complexity index is 621. The van der Waals surface area contributed by atoms with Crippen LogP contribution in [-0.4, -0.2) is 31.6 Å². The van der Waals surface area contributed by atoms with E-state index in [9.17, 15) is 8.42 Å². The molecule has 0 aliphatic carbocycles. The Hall–Kier alpha value is -1.70. The van der Waals surface area contributed by atoms with Crippen molar-refractivity contribution in [2.24, 2.45) is 0 Å². The van der Waals surface area contributed by atoms with Crippen LogP contribution in [0, 0.1) is 0 Å². The zero-order valence-electron chi connectivity index (χ0n) is 11.3. The maximum absolute atomic E-state index is 12.1. The molecular formula is C13H18N4O2S. The molecule has 0 aliphatic heterocycles. The second kappa shape index (κ2) is 6.65. The average molecular weight is 294 g/mol. The van der Waals surface area contributed by atoms with Crippen LogP contribution in [0.1, 0.15) is 5.56 Å². The van der Waals surface area contributed by atoms with Gasteiger partial charge in [-0.25, -0.2) is 18.1 Å². The molecule has 0 atom stereocenters. The van der Waals surface area contributed by atoms with Gasteiger partial charge < -0.3 is 9.88 Å². The van der Waals surface area contributed by atoms with Crippen molar-refractivity contribution in [3.05, 3.63) is 48.5 Å². The second-order valence-corrected chi connectivity index (χ2v) is 6.14. The normalized spacial score (nSPS) is 11.7. The van der Waals surface area contributed by atoms with E-state index < -0.39 is 10.0 Å². The van der Waals surface area contributed by atoms with E-state index in [-0.39, 0.29) is 4.90 Å². The Kier molecular flexibility index (Phi) is 4.89. The first-order valence-electron chi connectivity index (χ1n) is 6.31. The van der Waals surface area contributed by atoms with Crippen molar-refractivity contribution in [3.8, 4) is 0 Å². The van der Waals surface area contributed by atoms with E-state index in [1.807, 2.05) is 11.6 Å². The summed E-state index contributed by atoms with van der Waals surface area (Å²) in [6.07, 6.45) is 5.11. The van der Waals surface area contributed by atoms with Crippen LogP contribution in [0.15, 0.2) is 47.9 Å². The minimum absolute atomic E-state index is 0.281. The van der Waals surface area contributed by atoms with E-state index in [2.05, 4.69) is 15.0 Å². The van der Waals surface area contributed by atoms with Crippen molar-refractivity contribution < 1.29 is 8.42 Å². The lowest BCUT2D eigenvalue weighted by Gasteiger charge is -2.08. The van der Waals surface area contributed by atoms with E-state index in [4.69, 9.17) is 0 Å². The van der Waals surface area contributed by atoms with Gasteiger partial charge in [0, 0.05) is 32.0 Å². The molecule has 0 bridgehead atoms. The highest BCUT2D eigenvalue weighted by Crippen LogP contribution is 2.10. The minimum Gasteiger partial charge on any atom is -0.336 e. The number of hydrogen-bond acceptors (Lipinski definition) is 4. The van der Waals surface area contributed by atoms with E-state index in [1.165, 1.54) is 0 Å². The number of imidazole rings is 1. The first kappa shape index (κ1) is 14.7. The van der Waals surface area contributed by atoms with Crippen molar-refractivity contribution in [2.75, 3.05) is 13.6 Å². The molecule has 0 unspecified atom stereocenters. The van der Waals surface area contributed by atoms with Crippen molar-refractivity contribution in [1.82, 2.24) is 19.6 Å². The van der Waals surface area contributed by atoms with Crippen LogP contribution in [0.2, 0.25) is 0 Å². The first-order valence-corrected chi connectivity index (χ1v) is 7.79. The Morgan fingerprint density at radius 2 is 2.00 bits per heavy atom. The fourth-order valence-electron chi connectivity index (χ4n) is 1.80. The number of benzene rings is 1. The van der Waals surface area contributed by atoms with E-state index >= 15 is 0 Å². The van der Waals surface area contributed by atoms with E-state index in [1.54, 1.807) is 43.0 Å². The van der Waals surface area contributed by atoms with Gasteiger partial charge in [-0.15, -0.1) is 0 Å². The molecule has 1 aromatic carbocycles. The molecule has 6 nitrogen and oxygen atoms in total. The highest BCUT2D eigenvalue weighted by molar-refractivity contribution is 7.89. The molecule has 0 aliphatic rings. The summed E-state index contributed by atoms with van der Waals surface area (Å²) in [5.41, 5.74) is 1.05. The summed E-state index contributed by atoms with van der Waals surface area (Å²) >= 11 is 0. The molecule has 2 rings (SSSR count). The fraction of sp³-hybridized carbons (Fsp3) is 0.308. The molecule has 7 heteroatoms. The third kappa shape index (κ3) is 3.89. The molecule has 20 heavy (non-hydrogen) atoms. The lowest BCUT2D eigenvalue weighted by atomic mass is 10.2. The van der Waals surface area contributed by atoms with Crippen LogP contribution in [0.25, 0.3) is 0 Å². The molecule has 1 aromatic heterocycles. The summed E-state index contributed by atoms with van der Waals surface area (Å²) in [7, 11) is -1.60. The van der Waals surface area contributed by atoms with Gasteiger partial charge in [-0.3, -0.25) is 0 Å². The average Bonchev–Trinajstić information content (AvgIpc) is 2.93. The number of rotatable bonds is 7. The molecule has 0 radical (unpaired) electrons. The summed E-state index contributed by atoms with van der Waals surface area (Å²) < 4.78 is 28.5. The molecule has 0 fully saturated rings. The zero-order chi connectivity index (χ0) is 14.4. The maximum atomic E-state index is 12.1. The van der Waals surface area contributed by atoms with E-state index in [0.717, 1.165) is 5.56 Å². The van der Waals surface area contributed by atoms with Crippen LogP contribution in [0.5, 0.6) is 0 Å². The van der Waals surface area contributed by atoms with Crippen molar-refractivity contribution in [3.63, 3.8) is 0 Å². The van der Waals surface area contributed by atoms with Crippen LogP contribution < -0.4 is 10.0 Å². The molecule has 108 valence electrons. The molecule has 0 saturated heterocycles. The predicted octanol–water partition coefficient (Wildman–Crippen LogP) is 0.581. The SMILES string of the molecule is CNCc1ccc(S(=O)(=O)NCCn2ccnc2)cc1. The van der Waals surface area contributed by atoms with Crippen molar-refractivity contribution >= 4 is 10.0 Å². The highest BCUT2D eigenvalue weighted by atomic mass is 32.2. The number of sulfonamides is 1. The van der Waals surface area contributed by atoms with E-state index in [0.29, 0.717) is 19.6 Å². The molecular weight excluding hydrogens is 276 g/mol. The fourth-order valence-corrected chi connectivity index (χ4v) is 2.82. The van der Waals surface area contributed by atoms with Crippen LogP contribution in [0.3, 0.4) is 0 Å². The summed E-state index contributed by atoms with van der Waals surface area (Å²) in [6.45, 7) is 1.60. The summed E-state index contributed by atoms with van der Waals surface area (Å²) in [6, 6.07) is 6.85. The van der Waals surface area contributed by atoms with Crippen molar-refractivity contribution in [2.45, 2.75) is 18.0 Å². The third-order valence-electron chi connectivity index (χ3n) is 2.84. The van der Waals surface area contributed by atoms with Crippen LogP contribution >= 0.6 is 0 Å². The molecule has 2 N–H and O–H groups in total. The largest absolute Gasteiger partial charge is 0.336 e. The Balaban J connectivity index is 1.95. The smallest absolute Gasteiger partial charge is 0.240 e. The lowest BCUT2D eigenvalue weighted by Crippen LogP contribution is -2.27. The first-order chi connectivity index (χ1) is 9.62. The number of nitrogens with zero attached hydrogens (tertiary/aromatic N) is 2. The van der Waals surface area contributed by atoms with Gasteiger partial charge in [-0.1, -0.05) is 12.1 Å². The van der Waals surface area contributed by atoms with Crippen LogP contribution in [0.4, 0.5) is 0 Å². The Morgan fingerprint density at radius 1 is 1.25 bits per heavy atom. The summed E-state index contributed by atoms with van der Waals surface area (Å²) in [5.74, 6) is 0. The molecule has 1 heterocycles. The van der Waals surface area contributed by atoms with Crippen LogP contribution in [-0.2, 0) is 23.1 Å². The minimum atomic E-state index is -3.45. The number of nitrogens with one attached hydrogen (secondary N) is 2. The van der Waals surface area contributed by atoms with Gasteiger partial charge in [0.15, 0.2) is 0 Å². The Morgan fingerprint density at radius 3 is 2.60 bits per heavy atom. The topological polar surface area (TPSA) is 76.0 Å². The number of hydrogen-bond donors (Lipinski definition) is 2. The molecule has 0 saturated carbocycles. The second-order valence-electron chi connectivity index (χ2n) is 4.37. The predicted molar refractivity (Wildman–Crippen MR) is 76.6 cm³/mol. The van der Waals surface area contributed by atoms with Gasteiger partial charge >= 0.3 is 0 Å². The monoisotopic (exact) mass is 294 g/mol. The van der Waals surface area contributed by atoms with Gasteiger partial charge in [0.2, 0.25) is 10.0 Å². The third-order valence-corrected chi connectivity index (χ3v) is 4.31. The maximum Gasteiger partial charge on any atom is 0.240 e. The standard InChI is InChI=1S/C13H18N4O2S/c1-14-10-12-2-4-13(5-3-12)20(18,19)16-7-9-17-8-6-15-11-17/h2-6,8,11,14,16H,7,9-10H2,1H3. The Labute approximate surface area is 118 Å². The molecule has 0 amide bonds. The van der Waals surface area contributed by atoms with Gasteiger partial charge in [-0.2, -0.15) is 0 Å². The van der Waals surface area contributed by atoms with Crippen molar-refractivity contribution in [1.29, 1.82) is 0 Å². The zero-order valence-corrected chi connectivity index (χ0v) is 12.1. The molecule has 2 aromatic rings. The summed E-state index contributed by atoms with van der Waals surface area (Å²) in [5, 5.41) is 3.02. The molecule has 0 spiro atoms. The summed E-state index contributed by atoms with van der Waals surface area (Å²) in [4.78, 5) is 4.18. The van der Waals surface area contributed by atoms with Gasteiger partial charge in [0.1, 0.15) is 0 Å². The number of aromatic nitrogens is 2. The van der Waals surface area contributed by atoms with Gasteiger partial charge in [0.25, 0.3) is 0 Å². The highest BCUT2D eigenvalue weighted by Gasteiger charge is 2.12. The lowest BCUT2D eigenvalue weighted by molar-refractivity contribution is 0.572. The van der Waals surface area contributed by atoms with Gasteiger partial charge in [-0.05, 0) is 24.7 Å². The van der Waals surface area contributed by atoms with Gasteiger partial charge in [0.05, 0.1) is 11.2 Å².